The summed E-state index contributed by atoms with van der Waals surface area (Å²) in [5, 5.41) is 14.2. The van der Waals surface area contributed by atoms with Crippen molar-refractivity contribution in [2.45, 2.75) is 39.2 Å². The molecule has 1 fully saturated rings. The summed E-state index contributed by atoms with van der Waals surface area (Å²) in [7, 11) is 0. The number of ketones is 2. The highest BCUT2D eigenvalue weighted by Crippen LogP contribution is 2.30. The molecular formula is C18H17F2N3O3. The van der Waals surface area contributed by atoms with Crippen LogP contribution in [-0.4, -0.2) is 31.4 Å². The summed E-state index contributed by atoms with van der Waals surface area (Å²) in [6.07, 6.45) is -1.14. The first-order valence-corrected chi connectivity index (χ1v) is 8.15. The maximum atomic E-state index is 13.4. The van der Waals surface area contributed by atoms with Gasteiger partial charge in [0, 0.05) is 24.7 Å². The summed E-state index contributed by atoms with van der Waals surface area (Å²) in [4.78, 5) is 28.2. The molecule has 6 nitrogen and oxygen atoms in total. The van der Waals surface area contributed by atoms with Crippen molar-refractivity contribution >= 4 is 17.3 Å². The lowest BCUT2D eigenvalue weighted by Crippen LogP contribution is -2.20. The molecule has 136 valence electrons. The number of aromatic nitrogens is 3. The zero-order chi connectivity index (χ0) is 18.8. The third-order valence-corrected chi connectivity index (χ3v) is 4.12. The second-order valence-electron chi connectivity index (χ2n) is 6.12. The average molecular weight is 361 g/mol. The van der Waals surface area contributed by atoms with Crippen molar-refractivity contribution in [1.29, 1.82) is 0 Å². The molecule has 1 aliphatic carbocycles. The van der Waals surface area contributed by atoms with Crippen molar-refractivity contribution in [1.82, 2.24) is 14.8 Å². The lowest BCUT2D eigenvalue weighted by atomic mass is 9.90. The van der Waals surface area contributed by atoms with Gasteiger partial charge in [-0.3, -0.25) is 19.3 Å². The summed E-state index contributed by atoms with van der Waals surface area (Å²) in [6, 6.07) is 5.32. The highest BCUT2D eigenvalue weighted by Gasteiger charge is 2.31. The van der Waals surface area contributed by atoms with E-state index in [0.29, 0.717) is 12.1 Å². The number of pyridine rings is 1. The van der Waals surface area contributed by atoms with Gasteiger partial charge in [-0.1, -0.05) is 6.07 Å². The monoisotopic (exact) mass is 361 g/mol. The molecule has 0 unspecified atom stereocenters. The highest BCUT2D eigenvalue weighted by molar-refractivity contribution is 6.25. The number of Topliss-reactive ketones (excluding diaryl/α,β-unsaturated/α-hetero) is 2. The molecule has 2 aromatic heterocycles. The normalized spacial score (nSPS) is 15.0. The van der Waals surface area contributed by atoms with Gasteiger partial charge in [0.05, 0.1) is 17.8 Å². The first kappa shape index (κ1) is 17.9. The van der Waals surface area contributed by atoms with E-state index < -0.39 is 35.0 Å². The molecule has 0 aliphatic heterocycles. The zero-order valence-electron chi connectivity index (χ0n) is 14.1. The number of nitrogens with zero attached hydrogens (tertiary/aromatic N) is 3. The van der Waals surface area contributed by atoms with Crippen molar-refractivity contribution in [3.8, 4) is 0 Å². The highest BCUT2D eigenvalue weighted by atomic mass is 19.3. The lowest BCUT2D eigenvalue weighted by molar-refractivity contribution is -0.123. The quantitative estimate of drug-likeness (QED) is 0.514. The van der Waals surface area contributed by atoms with Crippen LogP contribution >= 0.6 is 0 Å². The summed E-state index contributed by atoms with van der Waals surface area (Å²) >= 11 is 0. The van der Waals surface area contributed by atoms with Crippen LogP contribution in [-0.2, 0) is 16.1 Å². The van der Waals surface area contributed by atoms with Crippen LogP contribution in [0.5, 0.6) is 0 Å². The van der Waals surface area contributed by atoms with E-state index in [4.69, 9.17) is 0 Å². The minimum atomic E-state index is -2.96. The van der Waals surface area contributed by atoms with Crippen molar-refractivity contribution in [3.05, 3.63) is 52.6 Å². The Morgan fingerprint density at radius 3 is 2.58 bits per heavy atom. The summed E-state index contributed by atoms with van der Waals surface area (Å²) in [5.74, 6) is -1.79. The summed E-state index contributed by atoms with van der Waals surface area (Å²) < 4.78 is 28.0. The van der Waals surface area contributed by atoms with E-state index in [2.05, 4.69) is 10.1 Å². The smallest absolute Gasteiger partial charge is 0.282 e. The first-order valence-electron chi connectivity index (χ1n) is 8.15. The third kappa shape index (κ3) is 3.54. The molecular weight excluding hydrogens is 344 g/mol. The van der Waals surface area contributed by atoms with Crippen LogP contribution in [0.15, 0.2) is 30.0 Å². The number of hydrogen-bond acceptors (Lipinski definition) is 5. The van der Waals surface area contributed by atoms with E-state index in [1.165, 1.54) is 10.9 Å². The molecule has 0 aromatic carbocycles. The van der Waals surface area contributed by atoms with Crippen LogP contribution in [0.1, 0.15) is 48.3 Å². The van der Waals surface area contributed by atoms with Crippen molar-refractivity contribution in [3.63, 3.8) is 0 Å². The van der Waals surface area contributed by atoms with Crippen molar-refractivity contribution in [2.24, 2.45) is 0 Å². The van der Waals surface area contributed by atoms with Gasteiger partial charge in [0.1, 0.15) is 17.0 Å². The van der Waals surface area contributed by atoms with Gasteiger partial charge in [-0.15, -0.1) is 0 Å². The molecule has 0 bridgehead atoms. The minimum Gasteiger partial charge on any atom is -0.506 e. The number of aliphatic hydroxyl groups excluding tert-OH is 1. The number of aryl methyl sites for hydroxylation is 1. The second kappa shape index (κ2) is 7.15. The Labute approximate surface area is 148 Å². The Morgan fingerprint density at radius 2 is 1.96 bits per heavy atom. The van der Waals surface area contributed by atoms with Crippen LogP contribution in [0.3, 0.4) is 0 Å². The fourth-order valence-electron chi connectivity index (χ4n) is 2.93. The predicted octanol–water partition coefficient (Wildman–Crippen LogP) is 3.16. The topological polar surface area (TPSA) is 85.1 Å². The molecule has 0 spiro atoms. The molecule has 0 atom stereocenters. The maximum Gasteiger partial charge on any atom is 0.282 e. The van der Waals surface area contributed by atoms with Gasteiger partial charge in [-0.25, -0.2) is 8.78 Å². The van der Waals surface area contributed by atoms with Gasteiger partial charge in [0.15, 0.2) is 11.6 Å². The van der Waals surface area contributed by atoms with E-state index in [0.717, 1.165) is 5.69 Å². The van der Waals surface area contributed by atoms with E-state index in [9.17, 15) is 23.5 Å². The standard InChI is InChI=1S/C18H17F2N3O3/c1-10-4-2-5-11(21-10)8-23-9-12(16(22-23)18(19)20)17(26)15-13(24)6-3-7-14(15)25/h2,4-5,9,18,26H,3,6-8H2,1H3. The average Bonchev–Trinajstić information content (AvgIpc) is 2.98. The fourth-order valence-corrected chi connectivity index (χ4v) is 2.93. The molecule has 0 amide bonds. The second-order valence-corrected chi connectivity index (χ2v) is 6.12. The van der Waals surface area contributed by atoms with Gasteiger partial charge in [-0.05, 0) is 25.5 Å². The van der Waals surface area contributed by atoms with Crippen molar-refractivity contribution < 1.29 is 23.5 Å². The largest absolute Gasteiger partial charge is 0.506 e. The summed E-state index contributed by atoms with van der Waals surface area (Å²) in [6.45, 7) is 1.92. The third-order valence-electron chi connectivity index (χ3n) is 4.12. The fraction of sp³-hybridized carbons (Fsp3) is 0.333. The lowest BCUT2D eigenvalue weighted by Gasteiger charge is -2.13. The molecule has 0 saturated heterocycles. The van der Waals surface area contributed by atoms with Gasteiger partial charge in [0.25, 0.3) is 6.43 Å². The molecule has 1 N–H and O–H groups in total. The van der Waals surface area contributed by atoms with Gasteiger partial charge in [0.2, 0.25) is 0 Å². The maximum absolute atomic E-state index is 13.4. The SMILES string of the molecule is Cc1cccc(Cn2cc(C(O)=C3C(=O)CCCC3=O)c(C(F)F)n2)n1. The van der Waals surface area contributed by atoms with Crippen LogP contribution in [0.4, 0.5) is 8.78 Å². The Balaban J connectivity index is 2.02. The van der Waals surface area contributed by atoms with Gasteiger partial charge < -0.3 is 5.11 Å². The van der Waals surface area contributed by atoms with Crippen LogP contribution in [0.2, 0.25) is 0 Å². The van der Waals surface area contributed by atoms with E-state index in [1.807, 2.05) is 0 Å². The molecule has 26 heavy (non-hydrogen) atoms. The Morgan fingerprint density at radius 1 is 1.27 bits per heavy atom. The zero-order valence-corrected chi connectivity index (χ0v) is 14.1. The Kier molecular flexibility index (Phi) is 4.92. The minimum absolute atomic E-state index is 0.108. The van der Waals surface area contributed by atoms with Gasteiger partial charge in [-0.2, -0.15) is 5.10 Å². The number of aliphatic hydroxyl groups is 1. The molecule has 8 heteroatoms. The predicted molar refractivity (Wildman–Crippen MR) is 88.7 cm³/mol. The molecule has 2 aromatic rings. The Hall–Kier alpha value is -2.90. The van der Waals surface area contributed by atoms with Gasteiger partial charge >= 0.3 is 0 Å². The van der Waals surface area contributed by atoms with Crippen LogP contribution in [0.25, 0.3) is 5.76 Å². The molecule has 1 aliphatic rings. The number of halogens is 2. The van der Waals surface area contributed by atoms with Crippen molar-refractivity contribution in [2.75, 3.05) is 0 Å². The van der Waals surface area contributed by atoms with E-state index in [-0.39, 0.29) is 24.9 Å². The van der Waals surface area contributed by atoms with E-state index >= 15 is 0 Å². The molecule has 2 heterocycles. The molecule has 1 saturated carbocycles. The van der Waals surface area contributed by atoms with E-state index in [1.54, 1.807) is 25.1 Å². The Bertz CT molecular complexity index is 885. The first-order chi connectivity index (χ1) is 12.4. The molecule has 3 rings (SSSR count). The number of carbonyl (C=O) groups excluding carboxylic acids is 2. The number of rotatable bonds is 4. The molecule has 0 radical (unpaired) electrons. The van der Waals surface area contributed by atoms with Crippen LogP contribution < -0.4 is 0 Å². The number of hydrogen-bond donors (Lipinski definition) is 1. The summed E-state index contributed by atoms with van der Waals surface area (Å²) in [5.41, 5.74) is -0.00406. The van der Waals surface area contributed by atoms with Crippen LogP contribution in [0, 0.1) is 6.92 Å². The number of carbonyl (C=O) groups is 2. The number of allylic oxidation sites excluding steroid dienone is 1. The number of alkyl halides is 2.